The van der Waals surface area contributed by atoms with Crippen molar-refractivity contribution >= 4 is 41.5 Å². The number of H-pyrrole nitrogens is 1. The van der Waals surface area contributed by atoms with Gasteiger partial charge < -0.3 is 34.5 Å². The van der Waals surface area contributed by atoms with E-state index in [9.17, 15) is 19.8 Å². The number of nitrogen functional groups attached to an aromatic ring is 1. The number of aromatic nitrogens is 4. The van der Waals surface area contributed by atoms with Crippen LogP contribution in [0.25, 0.3) is 11.2 Å². The molecule has 1 fully saturated rings. The number of aliphatic hydroxyl groups is 2. The van der Waals surface area contributed by atoms with Crippen LogP contribution in [-0.2, 0) is 35.1 Å². The average Bonchev–Trinajstić information content (AvgIpc) is 3.45. The minimum atomic E-state index is -3.44. The van der Waals surface area contributed by atoms with E-state index in [1.165, 1.54) is 10.9 Å². The number of fused-ring (bicyclic) bond motifs is 1. The largest absolute Gasteiger partial charge is 0.461 e. The Morgan fingerprint density at radius 2 is 2.11 bits per heavy atom. The highest BCUT2D eigenvalue weighted by molar-refractivity contribution is 8.09. The van der Waals surface area contributed by atoms with Crippen molar-refractivity contribution in [2.45, 2.75) is 83.8 Å². The van der Waals surface area contributed by atoms with Gasteiger partial charge in [0.25, 0.3) is 5.56 Å². The maximum absolute atomic E-state index is 13.0. The Balaban J connectivity index is 1.77. The summed E-state index contributed by atoms with van der Waals surface area (Å²) in [5, 5.41) is 23.7. The monoisotopic (exact) mass is 666 g/mol. The molecule has 6 N–H and O–H groups in total. The molecule has 0 radical (unpaired) electrons. The van der Waals surface area contributed by atoms with Gasteiger partial charge in [-0.15, -0.1) is 6.42 Å². The molecule has 0 amide bonds. The molecule has 2 aromatic heterocycles. The lowest BCUT2D eigenvalue weighted by molar-refractivity contribution is -0.152. The fraction of sp³-hybridized carbons (Fsp3) is 0.586. The first-order valence-electron chi connectivity index (χ1n) is 14.9. The molecule has 0 aromatic carbocycles. The summed E-state index contributed by atoms with van der Waals surface area (Å²) in [4.78, 5) is 35.6. The number of terminal acetylenes is 1. The van der Waals surface area contributed by atoms with Crippen molar-refractivity contribution in [3.8, 4) is 12.3 Å². The molecule has 0 spiro atoms. The zero-order valence-electron chi connectivity index (χ0n) is 25.8. The molecule has 0 saturated heterocycles. The number of imidazole rings is 1. The van der Waals surface area contributed by atoms with E-state index < -0.39 is 49.1 Å². The SMILES string of the molecule is C#C[C@H](O)C(COC(CO)n1cnc2c(=O)[nH]c(N)nc21)COP(=S)(NC(C)C(=O)OC1CCCCC1)OC(/C=C\CC)=C/C. The van der Waals surface area contributed by atoms with Gasteiger partial charge in [-0.3, -0.25) is 19.1 Å². The van der Waals surface area contributed by atoms with E-state index in [1.807, 2.05) is 13.0 Å². The minimum Gasteiger partial charge on any atom is -0.461 e. The quantitative estimate of drug-likeness (QED) is 0.0544. The van der Waals surface area contributed by atoms with Crippen molar-refractivity contribution in [3.63, 3.8) is 0 Å². The number of nitrogens with one attached hydrogen (secondary N) is 2. The van der Waals surface area contributed by atoms with Crippen LogP contribution in [0.1, 0.15) is 65.5 Å². The zero-order valence-corrected chi connectivity index (χ0v) is 27.5. The lowest BCUT2D eigenvalue weighted by Crippen LogP contribution is -2.37. The van der Waals surface area contributed by atoms with Crippen LogP contribution >= 0.6 is 6.64 Å². The Hall–Kier alpha value is -3.09. The van der Waals surface area contributed by atoms with Crippen LogP contribution in [0.15, 0.2) is 35.1 Å². The molecule has 1 aliphatic rings. The van der Waals surface area contributed by atoms with Gasteiger partial charge in [-0.2, -0.15) is 4.98 Å². The number of aliphatic hydroxyl groups excluding tert-OH is 2. The first-order chi connectivity index (χ1) is 21.5. The Labute approximate surface area is 267 Å². The van der Waals surface area contributed by atoms with Crippen LogP contribution in [0.2, 0.25) is 0 Å². The second kappa shape index (κ2) is 17.6. The van der Waals surface area contributed by atoms with Gasteiger partial charge in [-0.05, 0) is 69.9 Å². The number of hydrogen-bond acceptors (Lipinski definition) is 12. The molecule has 5 atom stereocenters. The lowest BCUT2D eigenvalue weighted by Gasteiger charge is -2.30. The first kappa shape index (κ1) is 36.4. The van der Waals surface area contributed by atoms with Crippen molar-refractivity contribution in [2.75, 3.05) is 25.6 Å². The molecule has 0 bridgehead atoms. The third-order valence-corrected chi connectivity index (χ3v) is 9.56. The van der Waals surface area contributed by atoms with Crippen molar-refractivity contribution < 1.29 is 33.5 Å². The summed E-state index contributed by atoms with van der Waals surface area (Å²) in [7, 11) is 0. The summed E-state index contributed by atoms with van der Waals surface area (Å²) in [6.45, 7) is 0.952. The van der Waals surface area contributed by atoms with Gasteiger partial charge in [0.05, 0.1) is 26.1 Å². The number of nitrogens with zero attached hydrogens (tertiary/aromatic N) is 3. The van der Waals surface area contributed by atoms with Crippen LogP contribution in [0.4, 0.5) is 5.95 Å². The molecular formula is C29H43N6O8PS. The number of rotatable bonds is 17. The molecule has 1 aliphatic carbocycles. The Morgan fingerprint density at radius 1 is 1.38 bits per heavy atom. The number of allylic oxidation sites excluding steroid dienone is 3. The molecular weight excluding hydrogens is 623 g/mol. The summed E-state index contributed by atoms with van der Waals surface area (Å²) >= 11 is 5.83. The highest BCUT2D eigenvalue weighted by Gasteiger charge is 2.32. The standard InChI is InChI=1S/C29H43N6O8PS/c1-5-8-12-21(6-2)43-44(45,34-19(4)28(39)42-22-13-10-9-11-14-22)41-17-20(23(37)7-3)16-40-24(15-36)35-18-31-25-26(35)32-29(30)33-27(25)38/h3,6,8,12,18-20,22-24,36-37H,5,9-11,13-17H2,1-2,4H3,(H,34,45)(H3,30,32,33,38)/b12-8-,21-6+/t19?,20?,23-,24?,44?/m0/s1. The maximum Gasteiger partial charge on any atom is 0.323 e. The normalized spacial score (nSPS) is 18.6. The van der Waals surface area contributed by atoms with Gasteiger partial charge >= 0.3 is 12.6 Å². The molecule has 2 heterocycles. The molecule has 248 valence electrons. The molecule has 1 saturated carbocycles. The fourth-order valence-corrected chi connectivity index (χ4v) is 7.06. The fourth-order valence-electron chi connectivity index (χ4n) is 4.55. The number of ether oxygens (including phenoxy) is 2. The molecule has 14 nitrogen and oxygen atoms in total. The van der Waals surface area contributed by atoms with E-state index in [0.29, 0.717) is 5.76 Å². The van der Waals surface area contributed by atoms with Gasteiger partial charge in [0, 0.05) is 5.92 Å². The second-order valence-electron chi connectivity index (χ2n) is 10.6. The summed E-state index contributed by atoms with van der Waals surface area (Å²) in [6.07, 6.45) is 15.2. The van der Waals surface area contributed by atoms with E-state index in [2.05, 4.69) is 26.0 Å². The molecule has 16 heteroatoms. The smallest absolute Gasteiger partial charge is 0.323 e. The van der Waals surface area contributed by atoms with E-state index >= 15 is 0 Å². The summed E-state index contributed by atoms with van der Waals surface area (Å²) < 4.78 is 25.2. The van der Waals surface area contributed by atoms with E-state index in [-0.39, 0.29) is 36.4 Å². The van der Waals surface area contributed by atoms with Gasteiger partial charge in [0.15, 0.2) is 17.4 Å². The maximum atomic E-state index is 13.0. The second-order valence-corrected chi connectivity index (χ2v) is 13.7. The minimum absolute atomic E-state index is 0.00625. The summed E-state index contributed by atoms with van der Waals surface area (Å²) in [6, 6.07) is -0.852. The van der Waals surface area contributed by atoms with Crippen molar-refractivity contribution in [2.24, 2.45) is 5.92 Å². The summed E-state index contributed by atoms with van der Waals surface area (Å²) in [5.41, 5.74) is 5.24. The molecule has 4 unspecified atom stereocenters. The first-order valence-corrected chi connectivity index (χ1v) is 17.5. The van der Waals surface area contributed by atoms with Gasteiger partial charge in [-0.1, -0.05) is 25.3 Å². The number of aromatic amines is 1. The van der Waals surface area contributed by atoms with Gasteiger partial charge in [0.2, 0.25) is 5.95 Å². The number of nitrogens with two attached hydrogens (primary N) is 1. The van der Waals surface area contributed by atoms with Gasteiger partial charge in [-0.25, -0.2) is 10.1 Å². The topological polar surface area (TPSA) is 196 Å². The molecule has 3 rings (SSSR count). The van der Waals surface area contributed by atoms with Crippen LogP contribution in [0.3, 0.4) is 0 Å². The van der Waals surface area contributed by atoms with Gasteiger partial charge in [0.1, 0.15) is 24.0 Å². The highest BCUT2D eigenvalue weighted by atomic mass is 32.5. The van der Waals surface area contributed by atoms with Crippen LogP contribution in [-0.4, -0.2) is 73.8 Å². The third kappa shape index (κ3) is 10.5. The van der Waals surface area contributed by atoms with E-state index in [1.54, 1.807) is 26.0 Å². The molecule has 45 heavy (non-hydrogen) atoms. The predicted octanol–water partition coefficient (Wildman–Crippen LogP) is 2.80. The number of hydrogen-bond donors (Lipinski definition) is 5. The van der Waals surface area contributed by atoms with E-state index in [4.69, 9.17) is 42.5 Å². The highest BCUT2D eigenvalue weighted by Crippen LogP contribution is 2.48. The zero-order chi connectivity index (χ0) is 33.0. The van der Waals surface area contributed by atoms with E-state index in [0.717, 1.165) is 38.5 Å². The summed E-state index contributed by atoms with van der Waals surface area (Å²) in [5.74, 6) is 1.24. The average molecular weight is 667 g/mol. The molecule has 0 aliphatic heterocycles. The molecule has 2 aromatic rings. The van der Waals surface area contributed by atoms with Crippen molar-refractivity contribution in [1.82, 2.24) is 24.6 Å². The third-order valence-electron chi connectivity index (χ3n) is 7.06. The Kier molecular flexibility index (Phi) is 14.2. The number of esters is 1. The van der Waals surface area contributed by atoms with Crippen LogP contribution in [0, 0.1) is 18.3 Å². The number of carbonyl (C=O) groups is 1. The predicted molar refractivity (Wildman–Crippen MR) is 173 cm³/mol. The van der Waals surface area contributed by atoms with Crippen molar-refractivity contribution in [1.29, 1.82) is 0 Å². The number of anilines is 1. The van der Waals surface area contributed by atoms with Crippen LogP contribution < -0.4 is 16.4 Å². The Bertz CT molecular complexity index is 1480. The van der Waals surface area contributed by atoms with Crippen molar-refractivity contribution in [3.05, 3.63) is 40.7 Å². The lowest BCUT2D eigenvalue weighted by atomic mass is 9.98. The Morgan fingerprint density at radius 3 is 2.76 bits per heavy atom. The van der Waals surface area contributed by atoms with Crippen LogP contribution in [0.5, 0.6) is 0 Å². The number of carbonyl (C=O) groups excluding carboxylic acids is 1.